The van der Waals surface area contributed by atoms with Crippen molar-refractivity contribution in [3.8, 4) is 11.4 Å². The number of hydrogen-bond donors (Lipinski definition) is 1. The highest BCUT2D eigenvalue weighted by atomic mass is 32.2. The van der Waals surface area contributed by atoms with Gasteiger partial charge in [0.1, 0.15) is 10.6 Å². The molecule has 0 aliphatic heterocycles. The minimum absolute atomic E-state index is 0.0685. The number of aromatic nitrogens is 2. The Labute approximate surface area is 210 Å². The molecule has 7 nitrogen and oxygen atoms in total. The summed E-state index contributed by atoms with van der Waals surface area (Å²) in [4.78, 5) is 33.0. The van der Waals surface area contributed by atoms with Gasteiger partial charge in [-0.05, 0) is 73.2 Å². The molecule has 0 saturated heterocycles. The summed E-state index contributed by atoms with van der Waals surface area (Å²) in [6.07, 6.45) is 5.73. The molecule has 4 aromatic rings. The Morgan fingerprint density at radius 3 is 2.71 bits per heavy atom. The fourth-order valence-electron chi connectivity index (χ4n) is 4.12. The van der Waals surface area contributed by atoms with E-state index in [1.807, 2.05) is 54.6 Å². The van der Waals surface area contributed by atoms with Crippen molar-refractivity contribution < 1.29 is 9.53 Å². The number of carbonyl (C=O) groups is 1. The van der Waals surface area contributed by atoms with E-state index in [0.717, 1.165) is 58.5 Å². The number of nitrogens with zero attached hydrogens (tertiary/aromatic N) is 3. The van der Waals surface area contributed by atoms with Crippen molar-refractivity contribution in [2.75, 3.05) is 12.9 Å². The Morgan fingerprint density at radius 1 is 1.17 bits per heavy atom. The second-order valence-corrected chi connectivity index (χ2v) is 10.1. The second kappa shape index (κ2) is 10.5. The lowest BCUT2D eigenvalue weighted by molar-refractivity contribution is -0.118. The number of thioether (sulfide) groups is 1. The van der Waals surface area contributed by atoms with Crippen LogP contribution in [0.25, 0.3) is 15.9 Å². The van der Waals surface area contributed by atoms with Gasteiger partial charge in [0.15, 0.2) is 5.16 Å². The molecule has 35 heavy (non-hydrogen) atoms. The van der Waals surface area contributed by atoms with Crippen LogP contribution in [0.3, 0.4) is 0 Å². The molecule has 178 valence electrons. The third kappa shape index (κ3) is 5.01. The van der Waals surface area contributed by atoms with Crippen LogP contribution in [0.15, 0.2) is 69.6 Å². The van der Waals surface area contributed by atoms with Gasteiger partial charge in [0.2, 0.25) is 0 Å². The van der Waals surface area contributed by atoms with E-state index in [2.05, 4.69) is 10.5 Å². The predicted molar refractivity (Wildman–Crippen MR) is 141 cm³/mol. The third-order valence-electron chi connectivity index (χ3n) is 5.82. The fourth-order valence-corrected chi connectivity index (χ4v) is 6.23. The van der Waals surface area contributed by atoms with Crippen molar-refractivity contribution in [1.82, 2.24) is 15.0 Å². The molecule has 2 aromatic heterocycles. The number of hydrazone groups is 1. The number of fused-ring (bicyclic) bond motifs is 3. The summed E-state index contributed by atoms with van der Waals surface area (Å²) in [6.45, 7) is 0. The van der Waals surface area contributed by atoms with E-state index in [0.29, 0.717) is 5.16 Å². The Balaban J connectivity index is 1.38. The first kappa shape index (κ1) is 23.3. The molecular weight excluding hydrogens is 480 g/mol. The Bertz CT molecular complexity index is 1440. The molecule has 0 fully saturated rings. The van der Waals surface area contributed by atoms with Gasteiger partial charge in [0, 0.05) is 4.88 Å². The fraction of sp³-hybridized carbons (Fsp3) is 0.231. The standard InChI is InChI=1S/C26H24N4O3S2/c1-33-19-13-11-17(12-14-19)15-27-29-22(31)16-34-26-28-24-23(20-9-5-6-10-21(20)35-24)25(32)30(26)18-7-3-2-4-8-18/h2-4,7-8,11-15H,5-6,9-10,16H2,1H3,(H,29,31)/b27-15-. The van der Waals surface area contributed by atoms with Gasteiger partial charge in [0.05, 0.1) is 30.2 Å². The Hall–Kier alpha value is -3.43. The van der Waals surface area contributed by atoms with E-state index in [4.69, 9.17) is 9.72 Å². The van der Waals surface area contributed by atoms with Crippen LogP contribution in [-0.2, 0) is 17.6 Å². The van der Waals surface area contributed by atoms with Gasteiger partial charge in [-0.2, -0.15) is 5.10 Å². The normalized spacial score (nSPS) is 13.2. The molecule has 9 heteroatoms. The van der Waals surface area contributed by atoms with Gasteiger partial charge in [0.25, 0.3) is 11.5 Å². The molecule has 0 saturated carbocycles. The number of nitrogens with one attached hydrogen (secondary N) is 1. The zero-order valence-electron chi connectivity index (χ0n) is 19.2. The number of carbonyl (C=O) groups excluding carboxylic acids is 1. The van der Waals surface area contributed by atoms with Crippen LogP contribution in [0.2, 0.25) is 0 Å². The number of hydrogen-bond acceptors (Lipinski definition) is 7. The van der Waals surface area contributed by atoms with Crippen LogP contribution in [0.5, 0.6) is 5.75 Å². The van der Waals surface area contributed by atoms with Crippen molar-refractivity contribution in [2.45, 2.75) is 30.8 Å². The minimum atomic E-state index is -0.279. The largest absolute Gasteiger partial charge is 0.497 e. The molecule has 1 amide bonds. The van der Waals surface area contributed by atoms with Gasteiger partial charge in [-0.1, -0.05) is 30.0 Å². The summed E-state index contributed by atoms with van der Waals surface area (Å²) in [7, 11) is 1.61. The third-order valence-corrected chi connectivity index (χ3v) is 7.95. The molecule has 1 aliphatic rings. The summed E-state index contributed by atoms with van der Waals surface area (Å²) >= 11 is 2.84. The number of ether oxygens (including phenoxy) is 1. The minimum Gasteiger partial charge on any atom is -0.497 e. The van der Waals surface area contributed by atoms with E-state index in [9.17, 15) is 9.59 Å². The SMILES string of the molecule is COc1ccc(/C=N\NC(=O)CSc2nc3sc4c(c3c(=O)n2-c2ccccc2)CCCC4)cc1. The molecule has 2 aromatic carbocycles. The summed E-state index contributed by atoms with van der Waals surface area (Å²) < 4.78 is 6.77. The van der Waals surface area contributed by atoms with E-state index in [1.54, 1.807) is 29.2 Å². The number of rotatable bonds is 7. The highest BCUT2D eigenvalue weighted by molar-refractivity contribution is 7.99. The number of para-hydroxylation sites is 1. The van der Waals surface area contributed by atoms with Crippen LogP contribution in [0.4, 0.5) is 0 Å². The first-order chi connectivity index (χ1) is 17.1. The van der Waals surface area contributed by atoms with Crippen molar-refractivity contribution in [2.24, 2.45) is 5.10 Å². The summed E-state index contributed by atoms with van der Waals surface area (Å²) in [6, 6.07) is 16.8. The molecule has 2 heterocycles. The average molecular weight is 505 g/mol. The van der Waals surface area contributed by atoms with Crippen LogP contribution >= 0.6 is 23.1 Å². The van der Waals surface area contributed by atoms with Crippen molar-refractivity contribution in [1.29, 1.82) is 0 Å². The smallest absolute Gasteiger partial charge is 0.267 e. The zero-order chi connectivity index (χ0) is 24.2. The molecule has 1 N–H and O–H groups in total. The molecule has 0 bridgehead atoms. The summed E-state index contributed by atoms with van der Waals surface area (Å²) in [5, 5.41) is 5.27. The topological polar surface area (TPSA) is 85.6 Å². The van der Waals surface area contributed by atoms with Gasteiger partial charge in [-0.25, -0.2) is 10.4 Å². The van der Waals surface area contributed by atoms with E-state index in [-0.39, 0.29) is 17.2 Å². The quantitative estimate of drug-likeness (QED) is 0.172. The maximum atomic E-state index is 13.7. The monoisotopic (exact) mass is 504 g/mol. The number of benzene rings is 2. The maximum absolute atomic E-state index is 13.7. The molecule has 1 aliphatic carbocycles. The molecule has 0 radical (unpaired) electrons. The maximum Gasteiger partial charge on any atom is 0.267 e. The van der Waals surface area contributed by atoms with E-state index in [1.165, 1.54) is 16.6 Å². The van der Waals surface area contributed by atoms with Gasteiger partial charge in [-0.3, -0.25) is 14.2 Å². The van der Waals surface area contributed by atoms with Gasteiger partial charge in [-0.15, -0.1) is 11.3 Å². The first-order valence-electron chi connectivity index (χ1n) is 11.4. The summed E-state index contributed by atoms with van der Waals surface area (Å²) in [5.74, 6) is 0.554. The predicted octanol–water partition coefficient (Wildman–Crippen LogP) is 4.58. The number of methoxy groups -OCH3 is 1. The van der Waals surface area contributed by atoms with Crippen molar-refractivity contribution >= 4 is 45.4 Å². The molecule has 5 rings (SSSR count). The lowest BCUT2D eigenvalue weighted by atomic mass is 9.97. The molecular formula is C26H24N4O3S2. The first-order valence-corrected chi connectivity index (χ1v) is 13.2. The Morgan fingerprint density at radius 2 is 1.94 bits per heavy atom. The van der Waals surface area contributed by atoms with Crippen LogP contribution in [0.1, 0.15) is 28.8 Å². The number of amides is 1. The Kier molecular flexibility index (Phi) is 6.96. The second-order valence-electron chi connectivity index (χ2n) is 8.12. The van der Waals surface area contributed by atoms with Crippen LogP contribution < -0.4 is 15.7 Å². The number of thiophene rings is 1. The summed E-state index contributed by atoms with van der Waals surface area (Å²) in [5.41, 5.74) is 5.21. The lowest BCUT2D eigenvalue weighted by Gasteiger charge is -2.13. The molecule has 0 spiro atoms. The van der Waals surface area contributed by atoms with Gasteiger partial charge < -0.3 is 4.74 Å². The highest BCUT2D eigenvalue weighted by Gasteiger charge is 2.23. The lowest BCUT2D eigenvalue weighted by Crippen LogP contribution is -2.24. The average Bonchev–Trinajstić information content (AvgIpc) is 3.27. The molecule has 0 unspecified atom stereocenters. The van der Waals surface area contributed by atoms with Gasteiger partial charge >= 0.3 is 0 Å². The van der Waals surface area contributed by atoms with Crippen molar-refractivity contribution in [3.05, 3.63) is 81.0 Å². The highest BCUT2D eigenvalue weighted by Crippen LogP contribution is 2.35. The van der Waals surface area contributed by atoms with Crippen LogP contribution in [0, 0.1) is 0 Å². The van der Waals surface area contributed by atoms with Crippen molar-refractivity contribution in [3.63, 3.8) is 0 Å². The van der Waals surface area contributed by atoms with Crippen LogP contribution in [-0.4, -0.2) is 34.5 Å². The zero-order valence-corrected chi connectivity index (χ0v) is 20.8. The van der Waals surface area contributed by atoms with E-state index >= 15 is 0 Å². The number of aryl methyl sites for hydroxylation is 2. The molecule has 0 atom stereocenters. The van der Waals surface area contributed by atoms with E-state index < -0.39 is 0 Å².